The van der Waals surface area contributed by atoms with Crippen molar-refractivity contribution in [3.8, 4) is 0 Å². The maximum atomic E-state index is 13.9. The Balaban J connectivity index is 2.42. The van der Waals surface area contributed by atoms with E-state index in [1.54, 1.807) is 0 Å². The Labute approximate surface area is 123 Å². The van der Waals surface area contributed by atoms with Crippen LogP contribution in [0.15, 0.2) is 34.1 Å². The van der Waals surface area contributed by atoms with E-state index in [1.807, 2.05) is 18.4 Å². The molecule has 1 N–H and O–H groups in total. The molecule has 1 nitrogen and oxygen atoms in total. The molecule has 0 saturated heterocycles. The molecule has 0 saturated carbocycles. The minimum absolute atomic E-state index is 0.0882. The van der Waals surface area contributed by atoms with Gasteiger partial charge >= 0.3 is 0 Å². The van der Waals surface area contributed by atoms with Gasteiger partial charge in [0.2, 0.25) is 0 Å². The van der Waals surface area contributed by atoms with E-state index >= 15 is 0 Å². The summed E-state index contributed by atoms with van der Waals surface area (Å²) in [5.74, 6) is -1.03. The molecule has 1 heterocycles. The summed E-state index contributed by atoms with van der Waals surface area (Å²) < 4.78 is 28.8. The van der Waals surface area contributed by atoms with Crippen LogP contribution in [0.1, 0.15) is 29.8 Å². The summed E-state index contributed by atoms with van der Waals surface area (Å²) in [5.41, 5.74) is 0.0882. The third kappa shape index (κ3) is 3.41. The highest BCUT2D eigenvalue weighted by atomic mass is 79.9. The lowest BCUT2D eigenvalue weighted by atomic mass is 10.0. The summed E-state index contributed by atoms with van der Waals surface area (Å²) in [4.78, 5) is 0.893. The third-order valence-corrected chi connectivity index (χ3v) is 4.52. The number of hydrogen-bond acceptors (Lipinski definition) is 2. The highest BCUT2D eigenvalue weighted by Crippen LogP contribution is 2.32. The molecule has 2 rings (SSSR count). The van der Waals surface area contributed by atoms with Crippen molar-refractivity contribution < 1.29 is 8.78 Å². The van der Waals surface area contributed by atoms with Gasteiger partial charge in [-0.05, 0) is 47.1 Å². The fourth-order valence-electron chi connectivity index (χ4n) is 1.90. The molecule has 1 aromatic carbocycles. The van der Waals surface area contributed by atoms with Gasteiger partial charge in [0.1, 0.15) is 11.6 Å². The van der Waals surface area contributed by atoms with Crippen molar-refractivity contribution in [3.63, 3.8) is 0 Å². The van der Waals surface area contributed by atoms with Crippen LogP contribution in [0.3, 0.4) is 0 Å². The van der Waals surface area contributed by atoms with Crippen LogP contribution in [-0.4, -0.2) is 6.54 Å². The van der Waals surface area contributed by atoms with Gasteiger partial charge < -0.3 is 5.32 Å². The molecule has 1 atom stereocenters. The first-order valence-corrected chi connectivity index (χ1v) is 7.72. The van der Waals surface area contributed by atoms with E-state index < -0.39 is 17.7 Å². The van der Waals surface area contributed by atoms with Gasteiger partial charge in [0, 0.05) is 20.3 Å². The first kappa shape index (κ1) is 14.6. The lowest BCUT2D eigenvalue weighted by molar-refractivity contribution is 0.506. The van der Waals surface area contributed by atoms with E-state index in [0.717, 1.165) is 15.8 Å². The van der Waals surface area contributed by atoms with Gasteiger partial charge in [0.25, 0.3) is 0 Å². The van der Waals surface area contributed by atoms with Crippen LogP contribution >= 0.6 is 27.3 Å². The predicted octanol–water partition coefficient (Wildman–Crippen LogP) is 4.88. The minimum atomic E-state index is -0.516. The van der Waals surface area contributed by atoms with E-state index in [1.165, 1.54) is 29.5 Å². The fraction of sp³-hybridized carbons (Fsp3) is 0.286. The van der Waals surface area contributed by atoms with Crippen LogP contribution in [0.4, 0.5) is 8.78 Å². The van der Waals surface area contributed by atoms with Crippen molar-refractivity contribution in [2.45, 2.75) is 19.4 Å². The third-order valence-electron chi connectivity index (χ3n) is 2.76. The van der Waals surface area contributed by atoms with Crippen molar-refractivity contribution in [2.75, 3.05) is 6.54 Å². The lowest BCUT2D eigenvalue weighted by Crippen LogP contribution is -2.24. The van der Waals surface area contributed by atoms with Gasteiger partial charge in [-0.3, -0.25) is 0 Å². The summed E-state index contributed by atoms with van der Waals surface area (Å²) >= 11 is 4.85. The van der Waals surface area contributed by atoms with Crippen LogP contribution < -0.4 is 5.32 Å². The molecule has 1 aromatic heterocycles. The summed E-state index contributed by atoms with van der Waals surface area (Å²) in [7, 11) is 0. The first-order chi connectivity index (χ1) is 9.13. The van der Waals surface area contributed by atoms with Gasteiger partial charge in [0.15, 0.2) is 0 Å². The summed E-state index contributed by atoms with van der Waals surface area (Å²) in [6, 6.07) is 5.42. The largest absolute Gasteiger partial charge is 0.305 e. The van der Waals surface area contributed by atoms with Crippen LogP contribution in [-0.2, 0) is 0 Å². The summed E-state index contributed by atoms with van der Waals surface area (Å²) in [6.07, 6.45) is 0.902. The maximum Gasteiger partial charge on any atom is 0.131 e. The molecule has 0 aliphatic rings. The number of benzene rings is 1. The molecule has 0 aliphatic carbocycles. The summed E-state index contributed by atoms with van der Waals surface area (Å²) in [6.45, 7) is 2.72. The van der Waals surface area contributed by atoms with E-state index in [4.69, 9.17) is 0 Å². The average molecular weight is 346 g/mol. The predicted molar refractivity (Wildman–Crippen MR) is 78.5 cm³/mol. The number of rotatable bonds is 5. The average Bonchev–Trinajstić information content (AvgIpc) is 2.79. The van der Waals surface area contributed by atoms with Gasteiger partial charge in [-0.25, -0.2) is 8.78 Å². The fourth-order valence-corrected chi connectivity index (χ4v) is 3.43. The Morgan fingerprint density at radius 2 is 2.00 bits per heavy atom. The topological polar surface area (TPSA) is 12.0 Å². The standard InChI is InChI=1S/C14H14BrF2NS/c1-2-6-18-14(12-7-9(15)8-19-12)13-10(16)4-3-5-11(13)17/h3-5,7-8,14,18H,2,6H2,1H3. The molecular weight excluding hydrogens is 332 g/mol. The molecule has 1 unspecified atom stereocenters. The summed E-state index contributed by atoms with van der Waals surface area (Å²) in [5, 5.41) is 5.12. The molecule has 0 amide bonds. The Morgan fingerprint density at radius 3 is 2.53 bits per heavy atom. The zero-order valence-electron chi connectivity index (χ0n) is 10.4. The Morgan fingerprint density at radius 1 is 1.32 bits per heavy atom. The SMILES string of the molecule is CCCNC(c1cc(Br)cs1)c1c(F)cccc1F. The van der Waals surface area contributed by atoms with Crippen LogP contribution in [0.2, 0.25) is 0 Å². The normalized spacial score (nSPS) is 12.6. The van der Waals surface area contributed by atoms with Crippen LogP contribution in [0, 0.1) is 11.6 Å². The van der Waals surface area contributed by atoms with Gasteiger partial charge in [-0.2, -0.15) is 0 Å². The molecular formula is C14H14BrF2NS. The molecule has 0 fully saturated rings. The second-order valence-corrected chi connectivity index (χ2v) is 6.05. The monoisotopic (exact) mass is 345 g/mol. The van der Waals surface area contributed by atoms with E-state index in [0.29, 0.717) is 6.54 Å². The number of thiophene rings is 1. The van der Waals surface area contributed by atoms with E-state index in [-0.39, 0.29) is 5.56 Å². The smallest absolute Gasteiger partial charge is 0.131 e. The minimum Gasteiger partial charge on any atom is -0.305 e. The lowest BCUT2D eigenvalue weighted by Gasteiger charge is -2.19. The molecule has 0 spiro atoms. The molecule has 5 heteroatoms. The molecule has 19 heavy (non-hydrogen) atoms. The second kappa shape index (κ2) is 6.59. The molecule has 0 bridgehead atoms. The maximum absolute atomic E-state index is 13.9. The highest BCUT2D eigenvalue weighted by Gasteiger charge is 2.22. The van der Waals surface area contributed by atoms with Gasteiger partial charge in [-0.15, -0.1) is 11.3 Å². The Kier molecular flexibility index (Phi) is 5.07. The van der Waals surface area contributed by atoms with Crippen LogP contribution in [0.25, 0.3) is 0 Å². The molecule has 0 radical (unpaired) electrons. The Bertz CT molecular complexity index is 536. The van der Waals surface area contributed by atoms with E-state index in [9.17, 15) is 8.78 Å². The van der Waals surface area contributed by atoms with Crippen molar-refractivity contribution >= 4 is 27.3 Å². The first-order valence-electron chi connectivity index (χ1n) is 6.04. The molecule has 2 aromatic rings. The van der Waals surface area contributed by atoms with Crippen molar-refractivity contribution in [3.05, 3.63) is 56.2 Å². The zero-order chi connectivity index (χ0) is 13.8. The quantitative estimate of drug-likeness (QED) is 0.814. The zero-order valence-corrected chi connectivity index (χ0v) is 12.8. The molecule has 0 aliphatic heterocycles. The number of halogens is 3. The number of hydrogen-bond donors (Lipinski definition) is 1. The van der Waals surface area contributed by atoms with Crippen LogP contribution in [0.5, 0.6) is 0 Å². The van der Waals surface area contributed by atoms with Crippen molar-refractivity contribution in [1.29, 1.82) is 0 Å². The molecule has 102 valence electrons. The van der Waals surface area contributed by atoms with Crippen molar-refractivity contribution in [1.82, 2.24) is 5.32 Å². The van der Waals surface area contributed by atoms with Crippen molar-refractivity contribution in [2.24, 2.45) is 0 Å². The van der Waals surface area contributed by atoms with Gasteiger partial charge in [-0.1, -0.05) is 13.0 Å². The Hall–Kier alpha value is -0.780. The highest BCUT2D eigenvalue weighted by molar-refractivity contribution is 9.10. The number of nitrogens with one attached hydrogen (secondary N) is 1. The second-order valence-electron chi connectivity index (χ2n) is 4.19. The van der Waals surface area contributed by atoms with E-state index in [2.05, 4.69) is 21.2 Å². The van der Waals surface area contributed by atoms with Gasteiger partial charge in [0.05, 0.1) is 6.04 Å².